The Morgan fingerprint density at radius 3 is 2.56 bits per heavy atom. The van der Waals surface area contributed by atoms with Gasteiger partial charge in [0.2, 0.25) is 0 Å². The van der Waals surface area contributed by atoms with Gasteiger partial charge < -0.3 is 5.73 Å². The molecule has 5 heteroatoms. The van der Waals surface area contributed by atoms with E-state index in [4.69, 9.17) is 17.3 Å². The van der Waals surface area contributed by atoms with Crippen molar-refractivity contribution in [2.45, 2.75) is 0 Å². The molecule has 0 fully saturated rings. The minimum atomic E-state index is 0.480. The van der Waals surface area contributed by atoms with Crippen molar-refractivity contribution in [1.82, 2.24) is 15.2 Å². The Morgan fingerprint density at radius 2 is 1.72 bits per heavy atom. The van der Waals surface area contributed by atoms with Crippen molar-refractivity contribution in [2.24, 2.45) is 0 Å². The number of anilines is 1. The fourth-order valence-electron chi connectivity index (χ4n) is 1.72. The minimum Gasteiger partial charge on any atom is -0.398 e. The predicted molar refractivity (Wildman–Crippen MR) is 72.2 cm³/mol. The summed E-state index contributed by atoms with van der Waals surface area (Å²) in [6.07, 6.45) is 0. The molecule has 0 aliphatic carbocycles. The van der Waals surface area contributed by atoms with Crippen molar-refractivity contribution in [3.8, 4) is 11.4 Å². The number of hydrogen-bond donors (Lipinski definition) is 1. The second-order valence-electron chi connectivity index (χ2n) is 3.86. The molecule has 3 rings (SSSR count). The number of aromatic nitrogens is 3. The second-order valence-corrected chi connectivity index (χ2v) is 4.29. The number of para-hydroxylation sites is 1. The molecular formula is C13H9ClN4. The average molecular weight is 257 g/mol. The van der Waals surface area contributed by atoms with E-state index in [0.29, 0.717) is 22.1 Å². The minimum absolute atomic E-state index is 0.480. The van der Waals surface area contributed by atoms with Crippen LogP contribution in [0.15, 0.2) is 42.5 Å². The summed E-state index contributed by atoms with van der Waals surface area (Å²) in [5, 5.41) is 8.79. The summed E-state index contributed by atoms with van der Waals surface area (Å²) < 4.78 is 0. The highest BCUT2D eigenvalue weighted by molar-refractivity contribution is 6.31. The lowest BCUT2D eigenvalue weighted by molar-refractivity contribution is 1.03. The van der Waals surface area contributed by atoms with E-state index in [1.54, 1.807) is 18.2 Å². The molecule has 0 bridgehead atoms. The first-order valence-electron chi connectivity index (χ1n) is 5.39. The van der Waals surface area contributed by atoms with E-state index in [1.165, 1.54) is 0 Å². The van der Waals surface area contributed by atoms with Crippen LogP contribution in [0.1, 0.15) is 0 Å². The molecule has 2 N–H and O–H groups in total. The zero-order valence-corrected chi connectivity index (χ0v) is 10.1. The van der Waals surface area contributed by atoms with Gasteiger partial charge in [0.05, 0.1) is 5.52 Å². The molecule has 88 valence electrons. The molecule has 4 nitrogen and oxygen atoms in total. The summed E-state index contributed by atoms with van der Waals surface area (Å²) in [5.41, 5.74) is 8.71. The van der Waals surface area contributed by atoms with Crippen LogP contribution in [0, 0.1) is 0 Å². The summed E-state index contributed by atoms with van der Waals surface area (Å²) in [6, 6.07) is 12.7. The van der Waals surface area contributed by atoms with E-state index in [0.717, 1.165) is 11.0 Å². The van der Waals surface area contributed by atoms with E-state index in [9.17, 15) is 0 Å². The topological polar surface area (TPSA) is 64.7 Å². The van der Waals surface area contributed by atoms with Gasteiger partial charge in [-0.1, -0.05) is 23.7 Å². The molecule has 3 aromatic rings. The Hall–Kier alpha value is -2.20. The lowest BCUT2D eigenvalue weighted by Crippen LogP contribution is -1.97. The number of hydrogen-bond acceptors (Lipinski definition) is 4. The smallest absolute Gasteiger partial charge is 0.184 e. The van der Waals surface area contributed by atoms with Gasteiger partial charge in [-0.3, -0.25) is 0 Å². The van der Waals surface area contributed by atoms with Crippen LogP contribution in [0.2, 0.25) is 5.02 Å². The predicted octanol–water partition coefficient (Wildman–Crippen LogP) is 2.93. The second kappa shape index (κ2) is 4.23. The number of benzene rings is 2. The Kier molecular flexibility index (Phi) is 2.57. The Balaban J connectivity index is 2.22. The van der Waals surface area contributed by atoms with Gasteiger partial charge in [-0.2, -0.15) is 0 Å². The van der Waals surface area contributed by atoms with E-state index >= 15 is 0 Å². The monoisotopic (exact) mass is 256 g/mol. The Bertz CT molecular complexity index is 727. The lowest BCUT2D eigenvalue weighted by atomic mass is 10.1. The highest BCUT2D eigenvalue weighted by atomic mass is 35.5. The van der Waals surface area contributed by atoms with Crippen LogP contribution in [-0.2, 0) is 0 Å². The van der Waals surface area contributed by atoms with Gasteiger partial charge in [-0.15, -0.1) is 10.2 Å². The standard InChI is InChI=1S/C13H9ClN4/c14-8-5-6-10(15)9(7-8)13-16-11-3-1-2-4-12(11)17-18-13/h1-7H,15H2. The molecule has 1 heterocycles. The summed E-state index contributed by atoms with van der Waals surface area (Å²) in [4.78, 5) is 4.44. The van der Waals surface area contributed by atoms with Crippen molar-refractivity contribution < 1.29 is 0 Å². The van der Waals surface area contributed by atoms with Gasteiger partial charge in [0.1, 0.15) is 5.52 Å². The molecule has 0 radical (unpaired) electrons. The summed E-state index contributed by atoms with van der Waals surface area (Å²) in [5.74, 6) is 0.480. The molecule has 18 heavy (non-hydrogen) atoms. The SMILES string of the molecule is Nc1ccc(Cl)cc1-c1nnc2ccccc2n1. The zero-order valence-electron chi connectivity index (χ0n) is 9.34. The first-order chi connectivity index (χ1) is 8.74. The fourth-order valence-corrected chi connectivity index (χ4v) is 1.89. The quantitative estimate of drug-likeness (QED) is 0.680. The van der Waals surface area contributed by atoms with E-state index in [1.807, 2.05) is 24.3 Å². The highest BCUT2D eigenvalue weighted by Gasteiger charge is 2.08. The van der Waals surface area contributed by atoms with Crippen LogP contribution < -0.4 is 5.73 Å². The molecule has 0 atom stereocenters. The van der Waals surface area contributed by atoms with Crippen LogP contribution in [-0.4, -0.2) is 15.2 Å². The number of nitrogens with two attached hydrogens (primary N) is 1. The van der Waals surface area contributed by atoms with Crippen LogP contribution >= 0.6 is 11.6 Å². The largest absolute Gasteiger partial charge is 0.398 e. The molecule has 0 spiro atoms. The summed E-state index contributed by atoms with van der Waals surface area (Å²) >= 11 is 5.95. The highest BCUT2D eigenvalue weighted by Crippen LogP contribution is 2.26. The number of nitrogens with zero attached hydrogens (tertiary/aromatic N) is 3. The maximum absolute atomic E-state index is 5.95. The Labute approximate surface area is 108 Å². The van der Waals surface area contributed by atoms with Crippen molar-refractivity contribution in [2.75, 3.05) is 5.73 Å². The van der Waals surface area contributed by atoms with Crippen LogP contribution in [0.3, 0.4) is 0 Å². The van der Waals surface area contributed by atoms with Crippen molar-refractivity contribution in [3.05, 3.63) is 47.5 Å². The van der Waals surface area contributed by atoms with Crippen LogP contribution in [0.4, 0.5) is 5.69 Å². The fraction of sp³-hybridized carbons (Fsp3) is 0. The molecule has 0 saturated heterocycles. The summed E-state index contributed by atoms with van der Waals surface area (Å²) in [6.45, 7) is 0. The number of halogens is 1. The van der Waals surface area contributed by atoms with E-state index < -0.39 is 0 Å². The third-order valence-corrected chi connectivity index (χ3v) is 2.85. The van der Waals surface area contributed by atoms with Gasteiger partial charge in [0.15, 0.2) is 5.82 Å². The van der Waals surface area contributed by atoms with Crippen LogP contribution in [0.25, 0.3) is 22.4 Å². The maximum atomic E-state index is 5.95. The van der Waals surface area contributed by atoms with E-state index in [2.05, 4.69) is 15.2 Å². The molecule has 0 aliphatic rings. The van der Waals surface area contributed by atoms with Gasteiger partial charge in [-0.25, -0.2) is 4.98 Å². The zero-order chi connectivity index (χ0) is 12.5. The first kappa shape index (κ1) is 10.9. The van der Waals surface area contributed by atoms with E-state index in [-0.39, 0.29) is 0 Å². The third kappa shape index (κ3) is 1.87. The lowest BCUT2D eigenvalue weighted by Gasteiger charge is -2.04. The normalized spacial score (nSPS) is 10.7. The third-order valence-electron chi connectivity index (χ3n) is 2.62. The number of fused-ring (bicyclic) bond motifs is 1. The molecule has 0 amide bonds. The molecule has 0 aliphatic heterocycles. The first-order valence-corrected chi connectivity index (χ1v) is 5.77. The summed E-state index contributed by atoms with van der Waals surface area (Å²) in [7, 11) is 0. The van der Waals surface area contributed by atoms with Gasteiger partial charge in [0, 0.05) is 16.3 Å². The molecule has 1 aromatic heterocycles. The molecule has 0 saturated carbocycles. The average Bonchev–Trinajstić information content (AvgIpc) is 2.41. The molecule has 2 aromatic carbocycles. The van der Waals surface area contributed by atoms with Gasteiger partial charge >= 0.3 is 0 Å². The van der Waals surface area contributed by atoms with Gasteiger partial charge in [-0.05, 0) is 30.3 Å². The number of nitrogen functional groups attached to an aromatic ring is 1. The van der Waals surface area contributed by atoms with Crippen molar-refractivity contribution in [1.29, 1.82) is 0 Å². The number of rotatable bonds is 1. The molecular weight excluding hydrogens is 248 g/mol. The van der Waals surface area contributed by atoms with Crippen LogP contribution in [0.5, 0.6) is 0 Å². The van der Waals surface area contributed by atoms with Gasteiger partial charge in [0.25, 0.3) is 0 Å². The Morgan fingerprint density at radius 1 is 0.944 bits per heavy atom. The van der Waals surface area contributed by atoms with Crippen molar-refractivity contribution in [3.63, 3.8) is 0 Å². The maximum Gasteiger partial charge on any atom is 0.184 e. The van der Waals surface area contributed by atoms with Crippen molar-refractivity contribution >= 4 is 28.3 Å². The molecule has 0 unspecified atom stereocenters.